The number of benzene rings is 3. The van der Waals surface area contributed by atoms with Crippen molar-refractivity contribution in [2.45, 2.75) is 27.7 Å². The quantitative estimate of drug-likeness (QED) is 0.289. The molecule has 0 fully saturated rings. The zero-order valence-electron chi connectivity index (χ0n) is 18.9. The second-order valence-electron chi connectivity index (χ2n) is 8.29. The van der Waals surface area contributed by atoms with Gasteiger partial charge < -0.3 is 4.74 Å². The number of ether oxygens (including phenoxy) is 1. The molecule has 2 aromatic heterocycles. The summed E-state index contributed by atoms with van der Waals surface area (Å²) in [6.07, 6.45) is 1.91. The average molecular weight is 455 g/mol. The zero-order chi connectivity index (χ0) is 23.1. The molecule has 3 aromatic carbocycles. The van der Waals surface area contributed by atoms with Crippen LogP contribution in [0.5, 0.6) is 11.5 Å². The first-order chi connectivity index (χ1) is 15.9. The molecule has 2 heterocycles. The van der Waals surface area contributed by atoms with Gasteiger partial charge in [-0.2, -0.15) is 0 Å². The van der Waals surface area contributed by atoms with Gasteiger partial charge in [-0.25, -0.2) is 9.67 Å². The number of nitrogens with zero attached hydrogens (tertiary/aromatic N) is 4. The average Bonchev–Trinajstić information content (AvgIpc) is 3.30. The lowest BCUT2D eigenvalue weighted by atomic mass is 10.0. The Morgan fingerprint density at radius 1 is 0.818 bits per heavy atom. The number of hydrogen-bond acceptors (Lipinski definition) is 4. The zero-order valence-corrected chi connectivity index (χ0v) is 19.7. The highest BCUT2D eigenvalue weighted by Gasteiger charge is 2.12. The third-order valence-corrected chi connectivity index (χ3v) is 6.40. The van der Waals surface area contributed by atoms with E-state index in [1.807, 2.05) is 61.7 Å². The van der Waals surface area contributed by atoms with E-state index in [0.29, 0.717) is 16.5 Å². The summed E-state index contributed by atoms with van der Waals surface area (Å²) in [7, 11) is 0. The molecule has 0 spiro atoms. The van der Waals surface area contributed by atoms with Gasteiger partial charge in [-0.1, -0.05) is 28.9 Å². The van der Waals surface area contributed by atoms with Gasteiger partial charge >= 0.3 is 0 Å². The molecule has 5 rings (SSSR count). The Morgan fingerprint density at radius 2 is 1.61 bits per heavy atom. The summed E-state index contributed by atoms with van der Waals surface area (Å²) in [5.74, 6) is 1.41. The second-order valence-corrected chi connectivity index (χ2v) is 8.69. The van der Waals surface area contributed by atoms with Crippen molar-refractivity contribution in [1.29, 1.82) is 0 Å². The molecule has 6 heteroatoms. The van der Waals surface area contributed by atoms with Crippen LogP contribution in [0.1, 0.15) is 22.3 Å². The summed E-state index contributed by atoms with van der Waals surface area (Å²) < 4.78 is 7.90. The molecule has 0 saturated heterocycles. The number of halogens is 1. The van der Waals surface area contributed by atoms with Gasteiger partial charge in [0.05, 0.1) is 23.1 Å². The van der Waals surface area contributed by atoms with Crippen molar-refractivity contribution in [3.63, 3.8) is 0 Å². The predicted molar refractivity (Wildman–Crippen MR) is 133 cm³/mol. The summed E-state index contributed by atoms with van der Waals surface area (Å²) in [4.78, 5) is 4.81. The van der Waals surface area contributed by atoms with Crippen LogP contribution in [0.3, 0.4) is 0 Å². The van der Waals surface area contributed by atoms with Gasteiger partial charge in [0.25, 0.3) is 0 Å². The van der Waals surface area contributed by atoms with E-state index in [9.17, 15) is 0 Å². The van der Waals surface area contributed by atoms with Crippen LogP contribution in [-0.2, 0) is 0 Å². The fraction of sp³-hybridized carbons (Fsp3) is 0.148. The van der Waals surface area contributed by atoms with Crippen LogP contribution < -0.4 is 4.74 Å². The molecule has 0 aliphatic rings. The summed E-state index contributed by atoms with van der Waals surface area (Å²) in [5, 5.41) is 10.3. The fourth-order valence-corrected chi connectivity index (χ4v) is 3.95. The van der Waals surface area contributed by atoms with E-state index < -0.39 is 0 Å². The van der Waals surface area contributed by atoms with Gasteiger partial charge in [0.1, 0.15) is 17.2 Å². The second kappa shape index (κ2) is 8.34. The van der Waals surface area contributed by atoms with Crippen LogP contribution in [0, 0.1) is 27.7 Å². The molecule has 0 radical (unpaired) electrons. The molecule has 0 saturated carbocycles. The standard InChI is InChI=1S/C27H23ClN4O/c1-16-8-9-21(14-23(16)28)33-27-7-5-6-24-22(27)10-11-25(29-24)26-15-32(31-30-26)20-12-17(2)19(4)18(3)13-20/h5-15H,1-4H3. The summed E-state index contributed by atoms with van der Waals surface area (Å²) >= 11 is 6.25. The Bertz CT molecular complexity index is 1480. The predicted octanol–water partition coefficient (Wildman–Crippen LogP) is 7.16. The van der Waals surface area contributed by atoms with E-state index in [-0.39, 0.29) is 0 Å². The topological polar surface area (TPSA) is 52.8 Å². The Balaban J connectivity index is 1.48. The number of pyridine rings is 1. The van der Waals surface area contributed by atoms with Crippen LogP contribution in [0.4, 0.5) is 0 Å². The lowest BCUT2D eigenvalue weighted by Crippen LogP contribution is -1.98. The maximum absolute atomic E-state index is 6.25. The minimum absolute atomic E-state index is 0.676. The molecule has 0 bridgehead atoms. The van der Waals surface area contributed by atoms with Crippen molar-refractivity contribution in [3.05, 3.63) is 94.1 Å². The normalized spacial score (nSPS) is 11.2. The lowest BCUT2D eigenvalue weighted by molar-refractivity contribution is 0.488. The molecule has 33 heavy (non-hydrogen) atoms. The van der Waals surface area contributed by atoms with Crippen molar-refractivity contribution >= 4 is 22.5 Å². The van der Waals surface area contributed by atoms with Crippen LogP contribution in [0.25, 0.3) is 28.0 Å². The minimum atomic E-state index is 0.676. The smallest absolute Gasteiger partial charge is 0.136 e. The monoisotopic (exact) mass is 454 g/mol. The van der Waals surface area contributed by atoms with Crippen molar-refractivity contribution in [1.82, 2.24) is 20.0 Å². The van der Waals surface area contributed by atoms with Crippen molar-refractivity contribution in [3.8, 4) is 28.6 Å². The van der Waals surface area contributed by atoms with E-state index in [1.165, 1.54) is 16.7 Å². The van der Waals surface area contributed by atoms with Crippen LogP contribution >= 0.6 is 11.6 Å². The molecule has 0 aliphatic heterocycles. The summed E-state index contributed by atoms with van der Waals surface area (Å²) in [5.41, 5.74) is 8.04. The molecule has 0 atom stereocenters. The van der Waals surface area contributed by atoms with Gasteiger partial charge in [-0.05, 0) is 98.5 Å². The van der Waals surface area contributed by atoms with Crippen LogP contribution in [-0.4, -0.2) is 20.0 Å². The van der Waals surface area contributed by atoms with Crippen LogP contribution in [0.2, 0.25) is 5.02 Å². The fourth-order valence-electron chi connectivity index (χ4n) is 3.77. The molecule has 0 N–H and O–H groups in total. The number of aromatic nitrogens is 4. The highest BCUT2D eigenvalue weighted by Crippen LogP contribution is 2.32. The Labute approximate surface area is 197 Å². The van der Waals surface area contributed by atoms with Gasteiger partial charge in [0.15, 0.2) is 0 Å². The van der Waals surface area contributed by atoms with Gasteiger partial charge in [0.2, 0.25) is 0 Å². The van der Waals surface area contributed by atoms with E-state index in [0.717, 1.165) is 33.6 Å². The third-order valence-electron chi connectivity index (χ3n) is 6.00. The van der Waals surface area contributed by atoms with Gasteiger partial charge in [-0.15, -0.1) is 5.10 Å². The van der Waals surface area contributed by atoms with Crippen LogP contribution in [0.15, 0.2) is 66.9 Å². The maximum Gasteiger partial charge on any atom is 0.136 e. The van der Waals surface area contributed by atoms with E-state index in [2.05, 4.69) is 43.2 Å². The maximum atomic E-state index is 6.25. The van der Waals surface area contributed by atoms with E-state index in [4.69, 9.17) is 21.3 Å². The van der Waals surface area contributed by atoms with E-state index >= 15 is 0 Å². The van der Waals surface area contributed by atoms with Gasteiger partial charge in [-0.3, -0.25) is 0 Å². The Morgan fingerprint density at radius 3 is 2.36 bits per heavy atom. The first-order valence-corrected chi connectivity index (χ1v) is 11.1. The molecule has 0 aliphatic carbocycles. The first kappa shape index (κ1) is 21.2. The Kier molecular flexibility index (Phi) is 5.35. The Hall–Kier alpha value is -3.70. The van der Waals surface area contributed by atoms with Gasteiger partial charge in [0, 0.05) is 10.4 Å². The highest BCUT2D eigenvalue weighted by molar-refractivity contribution is 6.31. The van der Waals surface area contributed by atoms with Crippen molar-refractivity contribution < 1.29 is 4.74 Å². The largest absolute Gasteiger partial charge is 0.457 e. The summed E-state index contributed by atoms with van der Waals surface area (Å²) in [6, 6.07) is 19.7. The number of hydrogen-bond donors (Lipinski definition) is 0. The number of rotatable bonds is 4. The summed E-state index contributed by atoms with van der Waals surface area (Å²) in [6.45, 7) is 8.32. The molecular weight excluding hydrogens is 432 g/mol. The molecule has 164 valence electrons. The molecule has 0 unspecified atom stereocenters. The van der Waals surface area contributed by atoms with E-state index in [1.54, 1.807) is 4.68 Å². The minimum Gasteiger partial charge on any atom is -0.457 e. The number of aryl methyl sites for hydroxylation is 3. The number of fused-ring (bicyclic) bond motifs is 1. The molecule has 5 nitrogen and oxygen atoms in total. The molecular formula is C27H23ClN4O. The van der Waals surface area contributed by atoms with Crippen molar-refractivity contribution in [2.24, 2.45) is 0 Å². The first-order valence-electron chi connectivity index (χ1n) is 10.7. The third kappa shape index (κ3) is 4.08. The molecule has 0 amide bonds. The lowest BCUT2D eigenvalue weighted by Gasteiger charge is -2.10. The SMILES string of the molecule is Cc1ccc(Oc2cccc3nc(-c4cn(-c5cc(C)c(C)c(C)c5)nn4)ccc23)cc1Cl. The molecule has 5 aromatic rings. The van der Waals surface area contributed by atoms with Crippen molar-refractivity contribution in [2.75, 3.05) is 0 Å². The highest BCUT2D eigenvalue weighted by atomic mass is 35.5.